The molecular formula is C23H19ClN4O2. The van der Waals surface area contributed by atoms with Crippen LogP contribution >= 0.6 is 11.6 Å². The van der Waals surface area contributed by atoms with Gasteiger partial charge in [-0.1, -0.05) is 23.7 Å². The number of rotatable bonds is 5. The Morgan fingerprint density at radius 3 is 2.47 bits per heavy atom. The van der Waals surface area contributed by atoms with E-state index in [9.17, 15) is 14.9 Å². The molecular weight excluding hydrogens is 400 g/mol. The molecule has 0 aliphatic rings. The SMILES string of the molecule is CC(C)(C#N)c1cccc(C(=O)Nc2ccc(Cl)c(C(=O)Nc3cccnc3)c2)c1. The van der Waals surface area contributed by atoms with E-state index in [0.717, 1.165) is 5.56 Å². The van der Waals surface area contributed by atoms with Crippen LogP contribution in [-0.2, 0) is 5.41 Å². The lowest BCUT2D eigenvalue weighted by Gasteiger charge is -2.16. The number of aromatic nitrogens is 1. The first-order valence-corrected chi connectivity index (χ1v) is 9.52. The Bertz CT molecular complexity index is 1140. The van der Waals surface area contributed by atoms with Crippen molar-refractivity contribution >= 4 is 34.8 Å². The number of pyridine rings is 1. The molecule has 0 unspecified atom stereocenters. The number of halogens is 1. The highest BCUT2D eigenvalue weighted by Crippen LogP contribution is 2.25. The Kier molecular flexibility index (Phi) is 6.14. The molecule has 0 aliphatic carbocycles. The van der Waals surface area contributed by atoms with Gasteiger partial charge in [0.1, 0.15) is 0 Å². The normalized spacial score (nSPS) is 10.7. The molecule has 2 amide bonds. The molecule has 3 aromatic rings. The fourth-order valence-electron chi connectivity index (χ4n) is 2.73. The molecule has 7 heteroatoms. The van der Waals surface area contributed by atoms with Crippen molar-refractivity contribution in [1.82, 2.24) is 4.98 Å². The number of amides is 2. The summed E-state index contributed by atoms with van der Waals surface area (Å²) in [5.41, 5.74) is 1.61. The minimum absolute atomic E-state index is 0.220. The molecule has 2 N–H and O–H groups in total. The van der Waals surface area contributed by atoms with E-state index in [1.807, 2.05) is 6.07 Å². The van der Waals surface area contributed by atoms with Crippen LogP contribution in [0.1, 0.15) is 40.1 Å². The quantitative estimate of drug-likeness (QED) is 0.606. The summed E-state index contributed by atoms with van der Waals surface area (Å²) in [6.45, 7) is 3.58. The number of nitriles is 1. The molecule has 150 valence electrons. The first-order valence-electron chi connectivity index (χ1n) is 9.14. The largest absolute Gasteiger partial charge is 0.322 e. The van der Waals surface area contributed by atoms with Crippen molar-refractivity contribution in [3.8, 4) is 6.07 Å². The van der Waals surface area contributed by atoms with Crippen LogP contribution in [0.4, 0.5) is 11.4 Å². The average Bonchev–Trinajstić information content (AvgIpc) is 2.75. The van der Waals surface area contributed by atoms with Crippen LogP contribution in [0.15, 0.2) is 67.0 Å². The third-order valence-electron chi connectivity index (χ3n) is 4.51. The number of anilines is 2. The number of nitrogens with one attached hydrogen (secondary N) is 2. The third-order valence-corrected chi connectivity index (χ3v) is 4.84. The maximum atomic E-state index is 12.7. The van der Waals surface area contributed by atoms with Gasteiger partial charge in [0, 0.05) is 17.4 Å². The first-order chi connectivity index (χ1) is 14.3. The maximum Gasteiger partial charge on any atom is 0.257 e. The zero-order valence-corrected chi connectivity index (χ0v) is 17.2. The van der Waals surface area contributed by atoms with E-state index in [4.69, 9.17) is 11.6 Å². The van der Waals surface area contributed by atoms with Crippen LogP contribution < -0.4 is 10.6 Å². The van der Waals surface area contributed by atoms with Crippen molar-refractivity contribution in [2.75, 3.05) is 10.6 Å². The van der Waals surface area contributed by atoms with Gasteiger partial charge >= 0.3 is 0 Å². The van der Waals surface area contributed by atoms with Crippen molar-refractivity contribution in [2.45, 2.75) is 19.3 Å². The Morgan fingerprint density at radius 1 is 1.00 bits per heavy atom. The van der Waals surface area contributed by atoms with Gasteiger partial charge in [0.2, 0.25) is 0 Å². The number of carbonyl (C=O) groups excluding carboxylic acids is 2. The fraction of sp³-hybridized carbons (Fsp3) is 0.130. The van der Waals surface area contributed by atoms with Crippen molar-refractivity contribution in [3.05, 3.63) is 88.7 Å². The van der Waals surface area contributed by atoms with E-state index in [1.165, 1.54) is 12.3 Å². The molecule has 6 nitrogen and oxygen atoms in total. The molecule has 2 aromatic carbocycles. The van der Waals surface area contributed by atoms with Crippen LogP contribution in [-0.4, -0.2) is 16.8 Å². The Morgan fingerprint density at radius 2 is 1.77 bits per heavy atom. The van der Waals surface area contributed by atoms with Crippen molar-refractivity contribution in [2.24, 2.45) is 0 Å². The monoisotopic (exact) mass is 418 g/mol. The number of nitrogens with zero attached hydrogens (tertiary/aromatic N) is 2. The minimum atomic E-state index is -0.714. The van der Waals surface area contributed by atoms with Gasteiger partial charge in [-0.15, -0.1) is 0 Å². The Hall–Kier alpha value is -3.69. The van der Waals surface area contributed by atoms with Gasteiger partial charge in [0.15, 0.2) is 0 Å². The fourth-order valence-corrected chi connectivity index (χ4v) is 2.93. The highest BCUT2D eigenvalue weighted by molar-refractivity contribution is 6.34. The summed E-state index contributed by atoms with van der Waals surface area (Å²) in [6, 6.07) is 17.2. The van der Waals surface area contributed by atoms with E-state index in [1.54, 1.807) is 62.5 Å². The molecule has 0 saturated carbocycles. The molecule has 1 heterocycles. The molecule has 0 bridgehead atoms. The summed E-state index contributed by atoms with van der Waals surface area (Å²) < 4.78 is 0. The molecule has 30 heavy (non-hydrogen) atoms. The zero-order valence-electron chi connectivity index (χ0n) is 16.4. The molecule has 0 fully saturated rings. The minimum Gasteiger partial charge on any atom is -0.322 e. The smallest absolute Gasteiger partial charge is 0.257 e. The van der Waals surface area contributed by atoms with Crippen LogP contribution in [0.3, 0.4) is 0 Å². The molecule has 3 rings (SSSR count). The summed E-state index contributed by atoms with van der Waals surface area (Å²) in [5.74, 6) is -0.770. The summed E-state index contributed by atoms with van der Waals surface area (Å²) in [5, 5.41) is 15.1. The predicted molar refractivity (Wildman–Crippen MR) is 117 cm³/mol. The topological polar surface area (TPSA) is 94.9 Å². The lowest BCUT2D eigenvalue weighted by molar-refractivity contribution is 0.101. The van der Waals surface area contributed by atoms with Gasteiger partial charge < -0.3 is 10.6 Å². The number of hydrogen-bond donors (Lipinski definition) is 2. The number of hydrogen-bond acceptors (Lipinski definition) is 4. The predicted octanol–water partition coefficient (Wildman–Crippen LogP) is 5.04. The van der Waals surface area contributed by atoms with E-state index in [2.05, 4.69) is 21.7 Å². The van der Waals surface area contributed by atoms with Gasteiger partial charge in [-0.2, -0.15) is 5.26 Å². The van der Waals surface area contributed by atoms with E-state index >= 15 is 0 Å². The lowest BCUT2D eigenvalue weighted by Crippen LogP contribution is -2.17. The molecule has 0 saturated heterocycles. The molecule has 0 radical (unpaired) electrons. The Labute approximate surface area is 179 Å². The average molecular weight is 419 g/mol. The van der Waals surface area contributed by atoms with Gasteiger partial charge in [0.05, 0.1) is 34.0 Å². The van der Waals surface area contributed by atoms with Crippen LogP contribution in [0, 0.1) is 11.3 Å². The Balaban J connectivity index is 1.80. The lowest BCUT2D eigenvalue weighted by atomic mass is 9.85. The standard InChI is InChI=1S/C23H19ClN4O2/c1-23(2,14-25)16-6-3-5-15(11-16)21(29)27-17-8-9-20(24)19(12-17)22(30)28-18-7-4-10-26-13-18/h3-13H,1-2H3,(H,27,29)(H,28,30). The molecule has 0 atom stereocenters. The maximum absolute atomic E-state index is 12.7. The van der Waals surface area contributed by atoms with Crippen molar-refractivity contribution in [3.63, 3.8) is 0 Å². The second kappa shape index (κ2) is 8.76. The van der Waals surface area contributed by atoms with Gasteiger partial charge in [0.25, 0.3) is 11.8 Å². The second-order valence-corrected chi connectivity index (χ2v) is 7.57. The van der Waals surface area contributed by atoms with E-state index < -0.39 is 11.3 Å². The highest BCUT2D eigenvalue weighted by Gasteiger charge is 2.21. The molecule has 0 spiro atoms. The van der Waals surface area contributed by atoms with Crippen LogP contribution in [0.2, 0.25) is 5.02 Å². The van der Waals surface area contributed by atoms with Crippen molar-refractivity contribution < 1.29 is 9.59 Å². The summed E-state index contributed by atoms with van der Waals surface area (Å²) in [7, 11) is 0. The summed E-state index contributed by atoms with van der Waals surface area (Å²) in [4.78, 5) is 29.2. The molecule has 1 aromatic heterocycles. The number of benzene rings is 2. The van der Waals surface area contributed by atoms with Gasteiger partial charge in [-0.3, -0.25) is 14.6 Å². The van der Waals surface area contributed by atoms with Crippen LogP contribution in [0.25, 0.3) is 0 Å². The van der Waals surface area contributed by atoms with E-state index in [-0.39, 0.29) is 16.5 Å². The van der Waals surface area contributed by atoms with Gasteiger partial charge in [-0.25, -0.2) is 0 Å². The highest BCUT2D eigenvalue weighted by atomic mass is 35.5. The first kappa shape index (κ1) is 21.0. The van der Waals surface area contributed by atoms with E-state index in [0.29, 0.717) is 16.9 Å². The zero-order chi connectivity index (χ0) is 21.7. The van der Waals surface area contributed by atoms with Crippen LogP contribution in [0.5, 0.6) is 0 Å². The number of carbonyl (C=O) groups is 2. The third kappa shape index (κ3) is 4.83. The molecule has 0 aliphatic heterocycles. The summed E-state index contributed by atoms with van der Waals surface area (Å²) in [6.07, 6.45) is 3.12. The summed E-state index contributed by atoms with van der Waals surface area (Å²) >= 11 is 6.18. The second-order valence-electron chi connectivity index (χ2n) is 7.16. The van der Waals surface area contributed by atoms with Crippen molar-refractivity contribution in [1.29, 1.82) is 5.26 Å². The van der Waals surface area contributed by atoms with Gasteiger partial charge in [-0.05, 0) is 61.9 Å².